The molecule has 0 radical (unpaired) electrons. The number of hydrogen-bond donors (Lipinski definition) is 0. The first-order valence-corrected chi connectivity index (χ1v) is 6.84. The topological polar surface area (TPSA) is 43.9 Å². The SMILES string of the molecule is [O-][N+]1=Cc2c(c(-c3ccccc3)nn2-c2ccccc2)C1. The molecule has 1 aliphatic heterocycles. The highest BCUT2D eigenvalue weighted by Crippen LogP contribution is 2.29. The molecule has 4 rings (SSSR count). The molecule has 0 saturated carbocycles. The Bertz CT molecular complexity index is 820. The van der Waals surface area contributed by atoms with Crippen LogP contribution in [0, 0.1) is 5.21 Å². The Morgan fingerprint density at radius 3 is 2.33 bits per heavy atom. The van der Waals surface area contributed by atoms with Gasteiger partial charge in [0.2, 0.25) is 6.21 Å². The van der Waals surface area contributed by atoms with Gasteiger partial charge in [0, 0.05) is 5.56 Å². The van der Waals surface area contributed by atoms with E-state index in [1.807, 2.05) is 65.3 Å². The largest absolute Gasteiger partial charge is 0.623 e. The number of fused-ring (bicyclic) bond motifs is 1. The molecule has 0 unspecified atom stereocenters. The minimum Gasteiger partial charge on any atom is -0.623 e. The molecule has 0 saturated heterocycles. The Kier molecular flexibility index (Phi) is 2.60. The predicted molar refractivity (Wildman–Crippen MR) is 81.5 cm³/mol. The summed E-state index contributed by atoms with van der Waals surface area (Å²) in [5, 5.41) is 16.5. The van der Waals surface area contributed by atoms with E-state index in [2.05, 4.69) is 0 Å². The summed E-state index contributed by atoms with van der Waals surface area (Å²) in [6, 6.07) is 19.9. The Morgan fingerprint density at radius 2 is 1.62 bits per heavy atom. The first-order chi connectivity index (χ1) is 10.3. The standard InChI is InChI=1S/C17H13N3O/c21-19-11-15-16(12-19)20(14-9-5-2-6-10-14)18-17(15)13-7-3-1-4-8-13/h1-10,12H,11H2. The summed E-state index contributed by atoms with van der Waals surface area (Å²) in [6.45, 7) is 0.354. The van der Waals surface area contributed by atoms with Crippen LogP contribution in [0.2, 0.25) is 0 Å². The second-order valence-corrected chi connectivity index (χ2v) is 5.03. The molecule has 1 aromatic heterocycles. The zero-order chi connectivity index (χ0) is 14.2. The van der Waals surface area contributed by atoms with Crippen LogP contribution in [-0.2, 0) is 6.54 Å². The van der Waals surface area contributed by atoms with Crippen LogP contribution >= 0.6 is 0 Å². The summed E-state index contributed by atoms with van der Waals surface area (Å²) < 4.78 is 2.80. The molecule has 3 aromatic rings. The molecule has 0 aliphatic carbocycles. The Hall–Kier alpha value is -2.88. The molecule has 2 heterocycles. The van der Waals surface area contributed by atoms with Crippen molar-refractivity contribution in [2.45, 2.75) is 6.54 Å². The molecule has 0 atom stereocenters. The van der Waals surface area contributed by atoms with Crippen molar-refractivity contribution in [3.63, 3.8) is 0 Å². The van der Waals surface area contributed by atoms with Crippen LogP contribution in [0.15, 0.2) is 60.7 Å². The highest BCUT2D eigenvalue weighted by atomic mass is 16.5. The monoisotopic (exact) mass is 275 g/mol. The minimum absolute atomic E-state index is 0.354. The molecular weight excluding hydrogens is 262 g/mol. The molecule has 21 heavy (non-hydrogen) atoms. The van der Waals surface area contributed by atoms with Crippen molar-refractivity contribution in [1.29, 1.82) is 0 Å². The molecule has 0 spiro atoms. The molecule has 0 bridgehead atoms. The number of hydroxylamine groups is 1. The van der Waals surface area contributed by atoms with Gasteiger partial charge in [-0.3, -0.25) is 0 Å². The van der Waals surface area contributed by atoms with Crippen molar-refractivity contribution < 1.29 is 4.74 Å². The quantitative estimate of drug-likeness (QED) is 0.533. The predicted octanol–water partition coefficient (Wildman–Crippen LogP) is 2.98. The van der Waals surface area contributed by atoms with Crippen molar-refractivity contribution in [3.8, 4) is 16.9 Å². The first kappa shape index (κ1) is 11.9. The zero-order valence-electron chi connectivity index (χ0n) is 11.3. The lowest BCUT2D eigenvalue weighted by Gasteiger charge is -2.03. The molecule has 1 aliphatic rings. The molecular formula is C17H13N3O. The van der Waals surface area contributed by atoms with E-state index < -0.39 is 0 Å². The summed E-state index contributed by atoms with van der Waals surface area (Å²) in [6.07, 6.45) is 1.61. The van der Waals surface area contributed by atoms with E-state index in [4.69, 9.17) is 5.10 Å². The normalized spacial score (nSPS) is 13.0. The van der Waals surface area contributed by atoms with Crippen LogP contribution in [-0.4, -0.2) is 20.7 Å². The van der Waals surface area contributed by atoms with Gasteiger partial charge in [0.15, 0.2) is 6.54 Å². The average Bonchev–Trinajstić information content (AvgIpc) is 3.06. The van der Waals surface area contributed by atoms with Crippen LogP contribution in [0.3, 0.4) is 0 Å². The molecule has 0 amide bonds. The van der Waals surface area contributed by atoms with E-state index in [0.29, 0.717) is 6.54 Å². The molecule has 4 heteroatoms. The van der Waals surface area contributed by atoms with Gasteiger partial charge in [-0.2, -0.15) is 5.10 Å². The summed E-state index contributed by atoms with van der Waals surface area (Å²) >= 11 is 0. The number of rotatable bonds is 2. The van der Waals surface area contributed by atoms with E-state index in [9.17, 15) is 5.21 Å². The average molecular weight is 275 g/mol. The highest BCUT2D eigenvalue weighted by Gasteiger charge is 2.27. The van der Waals surface area contributed by atoms with Gasteiger partial charge in [0.1, 0.15) is 11.4 Å². The Morgan fingerprint density at radius 1 is 0.952 bits per heavy atom. The Labute approximate surface area is 122 Å². The maximum Gasteiger partial charge on any atom is 0.201 e. The van der Waals surface area contributed by atoms with Crippen molar-refractivity contribution >= 4 is 6.21 Å². The van der Waals surface area contributed by atoms with Gasteiger partial charge in [-0.1, -0.05) is 48.5 Å². The molecule has 0 N–H and O–H groups in total. The van der Waals surface area contributed by atoms with E-state index >= 15 is 0 Å². The van der Waals surface area contributed by atoms with Gasteiger partial charge in [0.05, 0.1) is 11.3 Å². The van der Waals surface area contributed by atoms with Crippen LogP contribution in [0.4, 0.5) is 0 Å². The summed E-state index contributed by atoms with van der Waals surface area (Å²) in [7, 11) is 0. The van der Waals surface area contributed by atoms with Crippen LogP contribution in [0.25, 0.3) is 16.9 Å². The molecule has 4 nitrogen and oxygen atoms in total. The van der Waals surface area contributed by atoms with Gasteiger partial charge in [-0.25, -0.2) is 9.42 Å². The fraction of sp³-hybridized carbons (Fsp3) is 0.0588. The number of aromatic nitrogens is 2. The summed E-state index contributed by atoms with van der Waals surface area (Å²) in [4.78, 5) is 0. The van der Waals surface area contributed by atoms with Gasteiger partial charge in [-0.05, 0) is 12.1 Å². The van der Waals surface area contributed by atoms with Gasteiger partial charge in [-0.15, -0.1) is 0 Å². The van der Waals surface area contributed by atoms with E-state index in [0.717, 1.165) is 32.9 Å². The van der Waals surface area contributed by atoms with Crippen molar-refractivity contribution in [2.75, 3.05) is 0 Å². The lowest BCUT2D eigenvalue weighted by Crippen LogP contribution is -2.03. The third-order valence-electron chi connectivity index (χ3n) is 3.65. The van der Waals surface area contributed by atoms with Crippen molar-refractivity contribution in [1.82, 2.24) is 9.78 Å². The maximum atomic E-state index is 11.7. The number of benzene rings is 2. The minimum atomic E-state index is 0.354. The summed E-state index contributed by atoms with van der Waals surface area (Å²) in [5.74, 6) is 0. The fourth-order valence-corrected chi connectivity index (χ4v) is 2.68. The third-order valence-corrected chi connectivity index (χ3v) is 3.65. The van der Waals surface area contributed by atoms with Gasteiger partial charge < -0.3 is 5.21 Å². The fourth-order valence-electron chi connectivity index (χ4n) is 2.68. The van der Waals surface area contributed by atoms with Gasteiger partial charge in [0.25, 0.3) is 0 Å². The third kappa shape index (κ3) is 1.92. The summed E-state index contributed by atoms with van der Waals surface area (Å²) in [5.41, 5.74) is 4.73. The highest BCUT2D eigenvalue weighted by molar-refractivity contribution is 5.83. The van der Waals surface area contributed by atoms with Crippen molar-refractivity contribution in [2.24, 2.45) is 0 Å². The lowest BCUT2D eigenvalue weighted by atomic mass is 10.1. The second-order valence-electron chi connectivity index (χ2n) is 5.03. The van der Waals surface area contributed by atoms with Crippen LogP contribution < -0.4 is 0 Å². The van der Waals surface area contributed by atoms with Crippen LogP contribution in [0.5, 0.6) is 0 Å². The maximum absolute atomic E-state index is 11.7. The van der Waals surface area contributed by atoms with Gasteiger partial charge >= 0.3 is 0 Å². The Balaban J connectivity index is 1.94. The van der Waals surface area contributed by atoms with Crippen molar-refractivity contribution in [3.05, 3.63) is 77.1 Å². The smallest absolute Gasteiger partial charge is 0.201 e. The van der Waals surface area contributed by atoms with Crippen LogP contribution in [0.1, 0.15) is 11.3 Å². The number of nitrogens with zero attached hydrogens (tertiary/aromatic N) is 3. The first-order valence-electron chi connectivity index (χ1n) is 6.84. The van der Waals surface area contributed by atoms with E-state index in [-0.39, 0.29) is 0 Å². The molecule has 102 valence electrons. The molecule has 2 aromatic carbocycles. The lowest BCUT2D eigenvalue weighted by molar-refractivity contribution is -0.464. The molecule has 0 fully saturated rings. The zero-order valence-corrected chi connectivity index (χ0v) is 11.3. The van der Waals surface area contributed by atoms with E-state index in [1.165, 1.54) is 0 Å². The number of hydrogen-bond acceptors (Lipinski definition) is 2. The van der Waals surface area contributed by atoms with E-state index in [1.54, 1.807) is 6.21 Å². The second kappa shape index (κ2) is 4.59. The number of para-hydroxylation sites is 1.